The van der Waals surface area contributed by atoms with Crippen molar-refractivity contribution >= 4 is 28.1 Å². The maximum absolute atomic E-state index is 5.79. The number of hydrogen-bond acceptors (Lipinski definition) is 2. The molecule has 1 aliphatic heterocycles. The van der Waals surface area contributed by atoms with E-state index in [0.717, 1.165) is 23.0 Å². The third-order valence-electron chi connectivity index (χ3n) is 5.85. The van der Waals surface area contributed by atoms with Crippen LogP contribution < -0.4 is 5.32 Å². The summed E-state index contributed by atoms with van der Waals surface area (Å²) in [5, 5.41) is 6.83. The molecule has 31 heavy (non-hydrogen) atoms. The Morgan fingerprint density at radius 1 is 0.968 bits per heavy atom. The molecule has 5 heteroatoms. The molecule has 0 aliphatic carbocycles. The first kappa shape index (κ1) is 19.8. The van der Waals surface area contributed by atoms with Crippen LogP contribution in [0.1, 0.15) is 37.3 Å². The Morgan fingerprint density at radius 3 is 2.55 bits per heavy atom. The van der Waals surface area contributed by atoms with Crippen molar-refractivity contribution in [2.45, 2.75) is 25.9 Å². The van der Waals surface area contributed by atoms with Gasteiger partial charge in [0.1, 0.15) is 0 Å². The normalized spacial score (nSPS) is 18.7. The van der Waals surface area contributed by atoms with Crippen molar-refractivity contribution < 1.29 is 0 Å². The second-order valence-corrected chi connectivity index (χ2v) is 8.89. The Hall–Kier alpha value is -3.18. The Labute approximate surface area is 188 Å². The van der Waals surface area contributed by atoms with Crippen molar-refractivity contribution in [1.29, 1.82) is 0 Å². The summed E-state index contributed by atoms with van der Waals surface area (Å²) < 4.78 is 2.29. The Kier molecular flexibility index (Phi) is 5.20. The summed E-state index contributed by atoms with van der Waals surface area (Å²) in [5.41, 5.74) is 3.37. The maximum atomic E-state index is 5.79. The third-order valence-corrected chi connectivity index (χ3v) is 6.21. The van der Waals surface area contributed by atoms with E-state index in [9.17, 15) is 0 Å². The highest BCUT2D eigenvalue weighted by molar-refractivity contribution is 7.80. The SMILES string of the molecule is CC(C)CN1C(=S)N[C@@H](c2ccccn2)[C@H]1c1cccn1-c1ccc2ccccc2c1. The molecule has 0 saturated carbocycles. The van der Waals surface area contributed by atoms with Crippen LogP contribution in [0.5, 0.6) is 0 Å². The van der Waals surface area contributed by atoms with Gasteiger partial charge in [-0.05, 0) is 65.3 Å². The van der Waals surface area contributed by atoms with Gasteiger partial charge in [-0.15, -0.1) is 0 Å². The van der Waals surface area contributed by atoms with Crippen molar-refractivity contribution in [3.8, 4) is 5.69 Å². The number of aromatic nitrogens is 2. The number of pyridine rings is 1. The zero-order valence-electron chi connectivity index (χ0n) is 17.8. The van der Waals surface area contributed by atoms with E-state index in [1.165, 1.54) is 16.5 Å². The van der Waals surface area contributed by atoms with E-state index in [4.69, 9.17) is 12.2 Å². The quantitative estimate of drug-likeness (QED) is 0.418. The van der Waals surface area contributed by atoms with Crippen molar-refractivity contribution in [1.82, 2.24) is 19.8 Å². The van der Waals surface area contributed by atoms with Gasteiger partial charge in [0.2, 0.25) is 0 Å². The fourth-order valence-corrected chi connectivity index (χ4v) is 4.83. The molecule has 0 amide bonds. The van der Waals surface area contributed by atoms with Gasteiger partial charge in [-0.2, -0.15) is 0 Å². The van der Waals surface area contributed by atoms with Crippen LogP contribution >= 0.6 is 12.2 Å². The molecule has 0 bridgehead atoms. The summed E-state index contributed by atoms with van der Waals surface area (Å²) in [6.45, 7) is 5.36. The molecule has 2 aromatic carbocycles. The van der Waals surface area contributed by atoms with Gasteiger partial charge >= 0.3 is 0 Å². The van der Waals surface area contributed by atoms with Gasteiger partial charge in [0, 0.05) is 30.3 Å². The van der Waals surface area contributed by atoms with E-state index in [1.807, 2.05) is 18.3 Å². The molecule has 0 unspecified atom stereocenters. The van der Waals surface area contributed by atoms with Gasteiger partial charge in [0.15, 0.2) is 5.11 Å². The summed E-state index contributed by atoms with van der Waals surface area (Å²) in [7, 11) is 0. The highest BCUT2D eigenvalue weighted by Crippen LogP contribution is 2.40. The van der Waals surface area contributed by atoms with Gasteiger partial charge in [-0.3, -0.25) is 4.98 Å². The van der Waals surface area contributed by atoms with E-state index >= 15 is 0 Å². The zero-order chi connectivity index (χ0) is 21.4. The molecule has 1 fully saturated rings. The summed E-state index contributed by atoms with van der Waals surface area (Å²) >= 11 is 5.79. The average Bonchev–Trinajstić information content (AvgIpc) is 3.38. The predicted molar refractivity (Wildman–Crippen MR) is 130 cm³/mol. The molecule has 2 atom stereocenters. The zero-order valence-corrected chi connectivity index (χ0v) is 18.6. The Balaban J connectivity index is 1.62. The lowest BCUT2D eigenvalue weighted by molar-refractivity contribution is 0.280. The minimum absolute atomic E-state index is 0.00144. The molecule has 4 aromatic rings. The minimum Gasteiger partial charge on any atom is -0.352 e. The number of benzene rings is 2. The number of hydrogen-bond donors (Lipinski definition) is 1. The first-order chi connectivity index (χ1) is 15.1. The topological polar surface area (TPSA) is 33.1 Å². The smallest absolute Gasteiger partial charge is 0.170 e. The van der Waals surface area contributed by atoms with Crippen molar-refractivity contribution in [2.24, 2.45) is 5.92 Å². The fourth-order valence-electron chi connectivity index (χ4n) is 4.51. The van der Waals surface area contributed by atoms with Crippen molar-refractivity contribution in [3.63, 3.8) is 0 Å². The van der Waals surface area contributed by atoms with Gasteiger partial charge in [-0.1, -0.05) is 50.2 Å². The number of nitrogens with one attached hydrogen (secondary N) is 1. The van der Waals surface area contributed by atoms with Crippen LogP contribution in [0.15, 0.2) is 85.2 Å². The van der Waals surface area contributed by atoms with E-state index < -0.39 is 0 Å². The van der Waals surface area contributed by atoms with Crippen LogP contribution in [0.25, 0.3) is 16.5 Å². The summed E-state index contributed by atoms with van der Waals surface area (Å²) in [6, 6.07) is 25.6. The van der Waals surface area contributed by atoms with E-state index in [-0.39, 0.29) is 12.1 Å². The largest absolute Gasteiger partial charge is 0.352 e. The molecule has 1 N–H and O–H groups in total. The lowest BCUT2D eigenvalue weighted by atomic mass is 10.00. The van der Waals surface area contributed by atoms with Gasteiger partial charge in [0.05, 0.1) is 17.8 Å². The Bertz CT molecular complexity index is 1210. The number of fused-ring (bicyclic) bond motifs is 1. The molecule has 0 radical (unpaired) electrons. The van der Waals surface area contributed by atoms with Crippen LogP contribution in [0.4, 0.5) is 0 Å². The highest BCUT2D eigenvalue weighted by Gasteiger charge is 2.41. The van der Waals surface area contributed by atoms with Crippen LogP contribution in [0.3, 0.4) is 0 Å². The van der Waals surface area contributed by atoms with Crippen LogP contribution in [0, 0.1) is 5.92 Å². The van der Waals surface area contributed by atoms with Gasteiger partial charge in [-0.25, -0.2) is 0 Å². The van der Waals surface area contributed by atoms with E-state index in [1.54, 1.807) is 0 Å². The molecular formula is C26H26N4S. The first-order valence-corrected chi connectivity index (χ1v) is 11.2. The molecule has 1 aliphatic rings. The van der Waals surface area contributed by atoms with Crippen LogP contribution in [0.2, 0.25) is 0 Å². The second-order valence-electron chi connectivity index (χ2n) is 8.51. The van der Waals surface area contributed by atoms with Gasteiger partial charge < -0.3 is 14.8 Å². The van der Waals surface area contributed by atoms with Gasteiger partial charge in [0.25, 0.3) is 0 Å². The average molecular weight is 427 g/mol. The molecule has 2 aromatic heterocycles. The molecule has 156 valence electrons. The number of nitrogens with zero attached hydrogens (tertiary/aromatic N) is 3. The molecule has 1 saturated heterocycles. The first-order valence-electron chi connectivity index (χ1n) is 10.8. The standard InChI is InChI=1S/C26H26N4S/c1-18(2)17-30-25(24(28-26(30)31)22-10-5-6-14-27-22)23-11-7-15-29(23)21-13-12-19-8-3-4-9-20(19)16-21/h3-16,18,24-25H,17H2,1-2H3,(H,28,31)/t24-,25+/m0/s1. The summed E-state index contributed by atoms with van der Waals surface area (Å²) in [5.74, 6) is 0.494. The Morgan fingerprint density at radius 2 is 1.77 bits per heavy atom. The van der Waals surface area contributed by atoms with Crippen molar-refractivity contribution in [3.05, 3.63) is 96.6 Å². The predicted octanol–water partition coefficient (Wildman–Crippen LogP) is 5.65. The summed E-state index contributed by atoms with van der Waals surface area (Å²) in [4.78, 5) is 6.98. The van der Waals surface area contributed by atoms with Crippen LogP contribution in [-0.4, -0.2) is 26.1 Å². The molecular weight excluding hydrogens is 400 g/mol. The highest BCUT2D eigenvalue weighted by atomic mass is 32.1. The van der Waals surface area contributed by atoms with Crippen molar-refractivity contribution in [2.75, 3.05) is 6.54 Å². The molecule has 0 spiro atoms. The molecule has 4 nitrogen and oxygen atoms in total. The molecule has 3 heterocycles. The minimum atomic E-state index is 0.00144. The monoisotopic (exact) mass is 426 g/mol. The number of rotatable bonds is 5. The third kappa shape index (κ3) is 3.70. The van der Waals surface area contributed by atoms with E-state index in [2.05, 4.69) is 100 Å². The molecule has 5 rings (SSSR count). The lowest BCUT2D eigenvalue weighted by Gasteiger charge is -2.30. The lowest BCUT2D eigenvalue weighted by Crippen LogP contribution is -2.33. The fraction of sp³-hybridized carbons (Fsp3) is 0.231. The second kappa shape index (κ2) is 8.16. The van der Waals surface area contributed by atoms with E-state index in [0.29, 0.717) is 5.92 Å². The number of thiocarbonyl (C=S) groups is 1. The summed E-state index contributed by atoms with van der Waals surface area (Å²) in [6.07, 6.45) is 3.99. The van der Waals surface area contributed by atoms with Crippen LogP contribution in [-0.2, 0) is 0 Å². The maximum Gasteiger partial charge on any atom is 0.170 e.